The van der Waals surface area contributed by atoms with Crippen molar-refractivity contribution in [3.8, 4) is 11.3 Å². The molecule has 1 aliphatic rings. The van der Waals surface area contributed by atoms with Crippen LogP contribution in [0.4, 0.5) is 5.69 Å². The molecule has 0 aliphatic carbocycles. The smallest absolute Gasteiger partial charge is 0.266 e. The van der Waals surface area contributed by atoms with Crippen molar-refractivity contribution < 1.29 is 19.5 Å². The number of carbonyl (C=O) groups excluding carboxylic acids is 3. The fraction of sp³-hybridized carbons (Fsp3) is 0. The monoisotopic (exact) mass is 393 g/mol. The summed E-state index contributed by atoms with van der Waals surface area (Å²) in [4.78, 5) is 42.9. The number of carboxylic acid groups (broad SMARTS) is 1. The molecule has 144 valence electrons. The number of amides is 2. The van der Waals surface area contributed by atoms with E-state index in [9.17, 15) is 19.5 Å². The van der Waals surface area contributed by atoms with Gasteiger partial charge in [0.05, 0.1) is 34.0 Å². The molecule has 5 rings (SSSR count). The van der Waals surface area contributed by atoms with Gasteiger partial charge in [-0.15, -0.1) is 0 Å². The number of aromatic nitrogens is 1. The second-order valence-electron chi connectivity index (χ2n) is 6.90. The third-order valence-electron chi connectivity index (χ3n) is 5.13. The Labute approximate surface area is 171 Å². The molecule has 6 heteroatoms. The third kappa shape index (κ3) is 2.66. The molecular weight excluding hydrogens is 380 g/mol. The van der Waals surface area contributed by atoms with Crippen molar-refractivity contribution >= 4 is 34.4 Å². The maximum absolute atomic E-state index is 12.8. The first-order valence-electron chi connectivity index (χ1n) is 9.24. The lowest BCUT2D eigenvalue weighted by atomic mass is 10.0. The first kappa shape index (κ1) is 17.8. The zero-order chi connectivity index (χ0) is 20.8. The maximum Gasteiger partial charge on any atom is 0.266 e. The van der Waals surface area contributed by atoms with Crippen LogP contribution >= 0.6 is 0 Å². The van der Waals surface area contributed by atoms with E-state index in [0.29, 0.717) is 39.0 Å². The van der Waals surface area contributed by atoms with Gasteiger partial charge in [-0.25, -0.2) is 9.88 Å². The van der Waals surface area contributed by atoms with Crippen LogP contribution in [0.2, 0.25) is 0 Å². The fourth-order valence-electron chi connectivity index (χ4n) is 3.72. The van der Waals surface area contributed by atoms with Crippen LogP contribution in [0.25, 0.3) is 22.2 Å². The van der Waals surface area contributed by atoms with Crippen LogP contribution in [0.15, 0.2) is 78.9 Å². The molecule has 0 N–H and O–H groups in total. The molecule has 2 heterocycles. The summed E-state index contributed by atoms with van der Waals surface area (Å²) < 4.78 is 0. The predicted molar refractivity (Wildman–Crippen MR) is 109 cm³/mol. The molecular formula is C24H13N2O4-. The van der Waals surface area contributed by atoms with Gasteiger partial charge in [0.15, 0.2) is 0 Å². The Morgan fingerprint density at radius 1 is 0.800 bits per heavy atom. The number of pyridine rings is 1. The Hall–Kier alpha value is -4.32. The van der Waals surface area contributed by atoms with E-state index in [0.717, 1.165) is 4.90 Å². The van der Waals surface area contributed by atoms with E-state index >= 15 is 0 Å². The highest BCUT2D eigenvalue weighted by molar-refractivity contribution is 6.34. The Balaban J connectivity index is 1.63. The molecule has 0 saturated heterocycles. The van der Waals surface area contributed by atoms with E-state index in [4.69, 9.17) is 0 Å². The minimum absolute atomic E-state index is 0.0294. The maximum atomic E-state index is 12.8. The zero-order valence-electron chi connectivity index (χ0n) is 15.5. The van der Waals surface area contributed by atoms with Crippen molar-refractivity contribution in [3.63, 3.8) is 0 Å². The second-order valence-corrected chi connectivity index (χ2v) is 6.90. The molecule has 0 spiro atoms. The van der Waals surface area contributed by atoms with Crippen LogP contribution in [0, 0.1) is 0 Å². The molecule has 0 fully saturated rings. The van der Waals surface area contributed by atoms with Crippen LogP contribution in [0.1, 0.15) is 31.1 Å². The predicted octanol–water partition coefficient (Wildman–Crippen LogP) is 3.07. The van der Waals surface area contributed by atoms with Gasteiger partial charge >= 0.3 is 0 Å². The number of anilines is 1. The second kappa shape index (κ2) is 6.63. The number of carbonyl (C=O) groups is 3. The van der Waals surface area contributed by atoms with Gasteiger partial charge in [-0.1, -0.05) is 42.5 Å². The summed E-state index contributed by atoms with van der Waals surface area (Å²) in [6, 6.07) is 21.8. The Morgan fingerprint density at radius 2 is 1.47 bits per heavy atom. The number of fused-ring (bicyclic) bond motifs is 2. The van der Waals surface area contributed by atoms with Gasteiger partial charge in [-0.05, 0) is 36.4 Å². The number of para-hydroxylation sites is 1. The topological polar surface area (TPSA) is 90.4 Å². The first-order chi connectivity index (χ1) is 14.5. The van der Waals surface area contributed by atoms with Crippen LogP contribution in [0.5, 0.6) is 0 Å². The molecule has 0 unspecified atom stereocenters. The highest BCUT2D eigenvalue weighted by Crippen LogP contribution is 2.32. The fourth-order valence-corrected chi connectivity index (χ4v) is 3.72. The lowest BCUT2D eigenvalue weighted by Crippen LogP contribution is -2.29. The van der Waals surface area contributed by atoms with Crippen LogP contribution in [-0.2, 0) is 0 Å². The molecule has 0 atom stereocenters. The van der Waals surface area contributed by atoms with Gasteiger partial charge in [-0.3, -0.25) is 9.59 Å². The van der Waals surface area contributed by atoms with Crippen LogP contribution in [0.3, 0.4) is 0 Å². The van der Waals surface area contributed by atoms with Crippen LogP contribution in [-0.4, -0.2) is 22.8 Å². The minimum Gasteiger partial charge on any atom is -0.545 e. The molecule has 0 saturated carbocycles. The highest BCUT2D eigenvalue weighted by Gasteiger charge is 2.36. The summed E-state index contributed by atoms with van der Waals surface area (Å²) in [5, 5.41) is 12.1. The number of hydrogen-bond acceptors (Lipinski definition) is 5. The van der Waals surface area contributed by atoms with Gasteiger partial charge in [0.1, 0.15) is 0 Å². The minimum atomic E-state index is -1.30. The quantitative estimate of drug-likeness (QED) is 0.499. The third-order valence-corrected chi connectivity index (χ3v) is 5.13. The summed E-state index contributed by atoms with van der Waals surface area (Å²) in [5.74, 6) is -2.09. The first-order valence-corrected chi connectivity index (χ1v) is 9.24. The van der Waals surface area contributed by atoms with Crippen molar-refractivity contribution in [1.29, 1.82) is 0 Å². The largest absolute Gasteiger partial charge is 0.545 e. The lowest BCUT2D eigenvalue weighted by molar-refractivity contribution is -0.254. The van der Waals surface area contributed by atoms with Gasteiger partial charge in [0.2, 0.25) is 0 Å². The highest BCUT2D eigenvalue weighted by atomic mass is 16.4. The number of nitrogens with zero attached hydrogens (tertiary/aromatic N) is 2. The van der Waals surface area contributed by atoms with Crippen LogP contribution < -0.4 is 10.0 Å². The van der Waals surface area contributed by atoms with Crippen molar-refractivity contribution in [1.82, 2.24) is 4.98 Å². The summed E-state index contributed by atoms with van der Waals surface area (Å²) in [6.07, 6.45) is 0. The van der Waals surface area contributed by atoms with Crippen molar-refractivity contribution in [2.45, 2.75) is 0 Å². The molecule has 0 bridgehead atoms. The summed E-state index contributed by atoms with van der Waals surface area (Å²) in [7, 11) is 0. The number of hydrogen-bond donors (Lipinski definition) is 0. The van der Waals surface area contributed by atoms with Gasteiger partial charge in [-0.2, -0.15) is 0 Å². The number of imide groups is 1. The van der Waals surface area contributed by atoms with Crippen molar-refractivity contribution in [2.24, 2.45) is 0 Å². The van der Waals surface area contributed by atoms with E-state index in [-0.39, 0.29) is 5.56 Å². The van der Waals surface area contributed by atoms with Crippen molar-refractivity contribution in [2.75, 3.05) is 4.90 Å². The van der Waals surface area contributed by atoms with Gasteiger partial charge in [0, 0.05) is 16.5 Å². The molecule has 3 aromatic carbocycles. The van der Waals surface area contributed by atoms with E-state index in [1.807, 2.05) is 0 Å². The average molecular weight is 393 g/mol. The van der Waals surface area contributed by atoms with Gasteiger partial charge < -0.3 is 9.90 Å². The molecule has 1 aromatic heterocycles. The number of aromatic carboxylic acids is 1. The Kier molecular flexibility index (Phi) is 3.93. The normalized spacial score (nSPS) is 13.0. The Bertz CT molecular complexity index is 1340. The molecule has 6 nitrogen and oxygen atoms in total. The van der Waals surface area contributed by atoms with Gasteiger partial charge in [0.25, 0.3) is 11.8 Å². The molecule has 2 amide bonds. The number of rotatable bonds is 3. The summed E-state index contributed by atoms with van der Waals surface area (Å²) in [5.41, 5.74) is 2.64. The molecule has 0 radical (unpaired) electrons. The van der Waals surface area contributed by atoms with Crippen molar-refractivity contribution in [3.05, 3.63) is 95.6 Å². The summed E-state index contributed by atoms with van der Waals surface area (Å²) in [6.45, 7) is 0. The number of benzene rings is 3. The molecule has 1 aliphatic heterocycles. The van der Waals surface area contributed by atoms with E-state index in [1.165, 1.54) is 6.07 Å². The number of carboxylic acids is 1. The van der Waals surface area contributed by atoms with E-state index in [1.54, 1.807) is 72.8 Å². The SMILES string of the molecule is O=C([O-])c1cc(-c2cccc(N3C(=O)c4ccccc4C3=O)c2)nc2ccccc12. The standard InChI is InChI=1S/C24H14N2O4/c27-22-17-9-1-2-10-18(17)23(28)26(22)15-7-5-6-14(12-15)21-13-19(24(29)30)16-8-3-4-11-20(16)25-21/h1-13H,(H,29,30)/p-1. The lowest BCUT2D eigenvalue weighted by Gasteiger charge is -2.16. The Morgan fingerprint density at radius 3 is 2.17 bits per heavy atom. The zero-order valence-corrected chi connectivity index (χ0v) is 15.5. The molecule has 4 aromatic rings. The van der Waals surface area contributed by atoms with E-state index in [2.05, 4.69) is 4.98 Å². The molecule has 30 heavy (non-hydrogen) atoms. The van der Waals surface area contributed by atoms with E-state index < -0.39 is 17.8 Å². The average Bonchev–Trinajstić information content (AvgIpc) is 3.03. The summed E-state index contributed by atoms with van der Waals surface area (Å²) >= 11 is 0.